The van der Waals surface area contributed by atoms with Crippen molar-refractivity contribution in [2.45, 2.75) is 74.8 Å². The maximum Gasteiger partial charge on any atom is 0.253 e. The van der Waals surface area contributed by atoms with E-state index in [1.54, 1.807) is 19.0 Å². The molecule has 1 heterocycles. The molecule has 1 radical (unpaired) electrons. The predicted molar refractivity (Wildman–Crippen MR) is 115 cm³/mol. The van der Waals surface area contributed by atoms with Crippen molar-refractivity contribution < 1.29 is 37.5 Å². The summed E-state index contributed by atoms with van der Waals surface area (Å²) in [4.78, 5) is 15.8. The molecule has 1 aliphatic heterocycles. The number of rotatable bonds is 3. The molecule has 4 heteroatoms. The maximum absolute atomic E-state index is 11.6. The Kier molecular flexibility index (Phi) is 21.7. The molecule has 0 atom stereocenters. The van der Waals surface area contributed by atoms with Crippen LogP contribution in [0.1, 0.15) is 84.7 Å². The summed E-state index contributed by atoms with van der Waals surface area (Å²) in [5.41, 5.74) is 1.97. The largest absolute Gasteiger partial charge is 0.345 e. The van der Waals surface area contributed by atoms with E-state index < -0.39 is 0 Å². The van der Waals surface area contributed by atoms with E-state index in [-0.39, 0.29) is 60.9 Å². The molecular formula is C22H44N2OY. The van der Waals surface area contributed by atoms with E-state index in [1.165, 1.54) is 31.5 Å². The van der Waals surface area contributed by atoms with Crippen LogP contribution in [0.25, 0.3) is 0 Å². The first-order valence-electron chi connectivity index (χ1n) is 8.38. The summed E-state index contributed by atoms with van der Waals surface area (Å²) >= 11 is 0. The van der Waals surface area contributed by atoms with Gasteiger partial charge < -0.3 is 9.80 Å². The van der Waals surface area contributed by atoms with Crippen LogP contribution in [0.4, 0.5) is 0 Å². The van der Waals surface area contributed by atoms with Crippen molar-refractivity contribution in [1.82, 2.24) is 9.80 Å². The van der Waals surface area contributed by atoms with E-state index >= 15 is 0 Å². The first kappa shape index (κ1) is 33.3. The molecule has 0 spiro atoms. The minimum atomic E-state index is 0. The normalized spacial score (nSPS) is 12.6. The van der Waals surface area contributed by atoms with E-state index in [0.717, 1.165) is 11.6 Å². The molecule has 0 aliphatic carbocycles. The zero-order valence-corrected chi connectivity index (χ0v) is 18.5. The van der Waals surface area contributed by atoms with Crippen LogP contribution < -0.4 is 0 Å². The first-order valence-corrected chi connectivity index (χ1v) is 8.38. The van der Waals surface area contributed by atoms with Crippen LogP contribution in [-0.2, 0) is 32.7 Å². The van der Waals surface area contributed by atoms with Gasteiger partial charge >= 0.3 is 0 Å². The van der Waals surface area contributed by atoms with Gasteiger partial charge in [-0.15, -0.1) is 0 Å². The molecule has 1 aliphatic rings. The smallest absolute Gasteiger partial charge is 0.253 e. The molecule has 1 fully saturated rings. The molecule has 0 unspecified atom stereocenters. The Hall–Kier alpha value is -0.246. The summed E-state index contributed by atoms with van der Waals surface area (Å²) in [6, 6.07) is 8.59. The molecule has 1 amide bonds. The summed E-state index contributed by atoms with van der Waals surface area (Å²) in [5, 5.41) is 0. The molecule has 0 bridgehead atoms. The monoisotopic (exact) mass is 441 g/mol. The van der Waals surface area contributed by atoms with Crippen LogP contribution in [0.2, 0.25) is 0 Å². The summed E-state index contributed by atoms with van der Waals surface area (Å²) in [5.74, 6) is 0.525. The van der Waals surface area contributed by atoms with Crippen LogP contribution in [0.5, 0.6) is 0 Å². The predicted octanol–water partition coefficient (Wildman–Crippen LogP) is 5.91. The topological polar surface area (TPSA) is 23.6 Å². The van der Waals surface area contributed by atoms with E-state index in [1.807, 2.05) is 18.2 Å². The second kappa shape index (κ2) is 16.9. The minimum absolute atomic E-state index is 0. The van der Waals surface area contributed by atoms with Gasteiger partial charge in [-0.2, -0.15) is 0 Å². The van der Waals surface area contributed by atoms with Gasteiger partial charge in [0.2, 0.25) is 0 Å². The molecule has 0 saturated carbocycles. The van der Waals surface area contributed by atoms with Gasteiger partial charge in [-0.3, -0.25) is 4.79 Å². The van der Waals surface area contributed by atoms with Crippen molar-refractivity contribution in [3.8, 4) is 0 Å². The fraction of sp³-hybridized carbons (Fsp3) is 0.682. The second-order valence-corrected chi connectivity index (χ2v) is 6.82. The van der Waals surface area contributed by atoms with Crippen molar-refractivity contribution in [1.29, 1.82) is 0 Å². The summed E-state index contributed by atoms with van der Waals surface area (Å²) < 4.78 is 0. The first-order chi connectivity index (χ1) is 10.3. The average Bonchev–Trinajstić information content (AvgIpc) is 3.01. The Balaban J connectivity index is -0.000000177. The number of carbonyl (C=O) groups is 1. The number of nitrogens with zero attached hydrogens (tertiary/aromatic N) is 2. The van der Waals surface area contributed by atoms with Gasteiger partial charge in [-0.25, -0.2) is 0 Å². The number of likely N-dealkylation sites (tertiary alicyclic amines) is 1. The van der Waals surface area contributed by atoms with Gasteiger partial charge in [0.15, 0.2) is 0 Å². The molecule has 0 N–H and O–H groups in total. The van der Waals surface area contributed by atoms with Crippen LogP contribution in [-0.4, -0.2) is 48.9 Å². The van der Waals surface area contributed by atoms with Crippen molar-refractivity contribution in [3.63, 3.8) is 0 Å². The van der Waals surface area contributed by atoms with Crippen molar-refractivity contribution >= 4 is 5.91 Å². The van der Waals surface area contributed by atoms with Crippen LogP contribution >= 0.6 is 0 Å². The molecule has 1 aromatic rings. The van der Waals surface area contributed by atoms with E-state index in [4.69, 9.17) is 0 Å². The van der Waals surface area contributed by atoms with Gasteiger partial charge in [0.1, 0.15) is 0 Å². The average molecular weight is 442 g/mol. The standard InChI is InChI=1S/C12H17NO.C7H15N.3CH4.Y/c1-9(2)10-6-5-7-11(8-10)12(14)13(3)4;1-7(2)8-5-3-4-6-8;;;;/h5-9H,1-4H3;7H,3-6H2,1-2H3;3*1H4;. The maximum atomic E-state index is 11.6. The molecule has 1 saturated heterocycles. The molecular weight excluding hydrogens is 397 g/mol. The quantitative estimate of drug-likeness (QED) is 0.582. The Morgan fingerprint density at radius 2 is 1.50 bits per heavy atom. The third-order valence-electron chi connectivity index (χ3n) is 4.08. The number of benzene rings is 1. The van der Waals surface area contributed by atoms with Gasteiger partial charge in [0.25, 0.3) is 5.91 Å². The molecule has 0 aromatic heterocycles. The van der Waals surface area contributed by atoms with Crippen LogP contribution in [0, 0.1) is 0 Å². The summed E-state index contributed by atoms with van der Waals surface area (Å²) in [6.45, 7) is 11.4. The fourth-order valence-corrected chi connectivity index (χ4v) is 2.55. The number of hydrogen-bond acceptors (Lipinski definition) is 2. The van der Waals surface area contributed by atoms with Crippen LogP contribution in [0.15, 0.2) is 24.3 Å². The summed E-state index contributed by atoms with van der Waals surface area (Å²) in [6.07, 6.45) is 2.83. The van der Waals surface area contributed by atoms with Crippen LogP contribution in [0.3, 0.4) is 0 Å². The third-order valence-corrected chi connectivity index (χ3v) is 4.08. The Morgan fingerprint density at radius 3 is 1.85 bits per heavy atom. The molecule has 1 aromatic carbocycles. The van der Waals surface area contributed by atoms with E-state index in [0.29, 0.717) is 5.92 Å². The Bertz CT molecular complexity index is 467. The zero-order chi connectivity index (χ0) is 16.7. The van der Waals surface area contributed by atoms with Gasteiger partial charge in [-0.1, -0.05) is 48.3 Å². The Labute approximate surface area is 189 Å². The SMILES string of the molecule is C.C.C.CC(C)N1CCCC1.CC(C)c1cccc(C(=O)N(C)C)c1.[Y]. The number of carbonyl (C=O) groups excluding carboxylic acids is 1. The van der Waals surface area contributed by atoms with E-state index in [9.17, 15) is 4.79 Å². The third kappa shape index (κ3) is 11.5. The van der Waals surface area contributed by atoms with Crippen molar-refractivity contribution in [2.24, 2.45) is 0 Å². The number of amides is 1. The minimum Gasteiger partial charge on any atom is -0.345 e. The zero-order valence-electron chi connectivity index (χ0n) is 15.7. The molecule has 3 nitrogen and oxygen atoms in total. The number of hydrogen-bond donors (Lipinski definition) is 0. The second-order valence-electron chi connectivity index (χ2n) is 6.82. The van der Waals surface area contributed by atoms with Gasteiger partial charge in [0, 0.05) is 58.4 Å². The van der Waals surface area contributed by atoms with Gasteiger partial charge in [0.05, 0.1) is 0 Å². The molecule has 2 rings (SSSR count). The molecule has 26 heavy (non-hydrogen) atoms. The van der Waals surface area contributed by atoms with Gasteiger partial charge in [-0.05, 0) is 63.4 Å². The van der Waals surface area contributed by atoms with E-state index in [2.05, 4.69) is 38.7 Å². The Morgan fingerprint density at radius 1 is 1.00 bits per heavy atom. The summed E-state index contributed by atoms with van der Waals surface area (Å²) in [7, 11) is 3.54. The van der Waals surface area contributed by atoms with Crippen molar-refractivity contribution in [3.05, 3.63) is 35.4 Å². The molecule has 151 valence electrons. The van der Waals surface area contributed by atoms with Crippen molar-refractivity contribution in [2.75, 3.05) is 27.2 Å². The fourth-order valence-electron chi connectivity index (χ4n) is 2.55.